The van der Waals surface area contributed by atoms with E-state index >= 15 is 0 Å². The molecule has 2 nitrogen and oxygen atoms in total. The fraction of sp³-hybridized carbons (Fsp3) is 0.200. The van der Waals surface area contributed by atoms with Gasteiger partial charge < -0.3 is 9.52 Å². The second kappa shape index (κ2) is 4.29. The predicted octanol–water partition coefficient (Wildman–Crippen LogP) is 4.15. The Balaban J connectivity index is 2.41. The third kappa shape index (κ3) is 1.99. The number of hydrogen-bond acceptors (Lipinski definition) is 3. The Bertz CT molecular complexity index is 477. The van der Waals surface area contributed by atoms with E-state index in [0.29, 0.717) is 15.7 Å². The molecule has 5 heteroatoms. The highest BCUT2D eigenvalue weighted by Gasteiger charge is 2.22. The van der Waals surface area contributed by atoms with Crippen molar-refractivity contribution in [1.29, 1.82) is 0 Å². The topological polar surface area (TPSA) is 33.4 Å². The second-order valence-corrected chi connectivity index (χ2v) is 5.28. The molecule has 80 valence electrons. The number of furan rings is 1. The maximum absolute atomic E-state index is 10.1. The molecule has 0 bridgehead atoms. The molecule has 2 heterocycles. The van der Waals surface area contributed by atoms with E-state index in [4.69, 9.17) is 16.0 Å². The zero-order valence-electron chi connectivity index (χ0n) is 7.83. The number of aryl methyl sites for hydroxylation is 1. The summed E-state index contributed by atoms with van der Waals surface area (Å²) < 4.78 is 5.94. The van der Waals surface area contributed by atoms with E-state index in [2.05, 4.69) is 15.9 Å². The first kappa shape index (κ1) is 11.2. The van der Waals surface area contributed by atoms with Gasteiger partial charge in [0.1, 0.15) is 6.10 Å². The molecular formula is C10H8BrClO2S. The normalized spacial score (nSPS) is 13.1. The average molecular weight is 308 g/mol. The minimum Gasteiger partial charge on any atom is -0.465 e. The molecule has 2 aromatic heterocycles. The minimum atomic E-state index is -0.805. The van der Waals surface area contributed by atoms with Gasteiger partial charge in [-0.05, 0) is 39.9 Å². The lowest BCUT2D eigenvalue weighted by molar-refractivity contribution is 0.192. The Labute approximate surface area is 105 Å². The number of rotatable bonds is 2. The van der Waals surface area contributed by atoms with E-state index in [1.807, 2.05) is 12.3 Å². The zero-order chi connectivity index (χ0) is 11.0. The number of halogens is 2. The van der Waals surface area contributed by atoms with Crippen LogP contribution in [0.2, 0.25) is 5.02 Å². The van der Waals surface area contributed by atoms with Crippen LogP contribution >= 0.6 is 38.9 Å². The largest absolute Gasteiger partial charge is 0.465 e. The van der Waals surface area contributed by atoms with Gasteiger partial charge in [-0.25, -0.2) is 0 Å². The lowest BCUT2D eigenvalue weighted by Crippen LogP contribution is -1.96. The van der Waals surface area contributed by atoms with Crippen molar-refractivity contribution < 1.29 is 9.52 Å². The quantitative estimate of drug-likeness (QED) is 0.904. The zero-order valence-corrected chi connectivity index (χ0v) is 11.0. The third-order valence-corrected chi connectivity index (χ3v) is 4.49. The second-order valence-electron chi connectivity index (χ2n) is 3.13. The molecule has 15 heavy (non-hydrogen) atoms. The fourth-order valence-electron chi connectivity index (χ4n) is 1.25. The van der Waals surface area contributed by atoms with Crippen molar-refractivity contribution in [3.05, 3.63) is 43.4 Å². The summed E-state index contributed by atoms with van der Waals surface area (Å²) in [5.41, 5.74) is 0.971. The molecule has 2 aromatic rings. The lowest BCUT2D eigenvalue weighted by atomic mass is 10.2. The summed E-state index contributed by atoms with van der Waals surface area (Å²) in [6.07, 6.45) is 0.720. The molecule has 0 fully saturated rings. The Kier molecular flexibility index (Phi) is 3.21. The van der Waals surface area contributed by atoms with Crippen molar-refractivity contribution >= 4 is 38.9 Å². The summed E-state index contributed by atoms with van der Waals surface area (Å²) in [5.74, 6) is 0.485. The van der Waals surface area contributed by atoms with E-state index in [1.54, 1.807) is 6.07 Å². The number of thiophene rings is 1. The molecule has 0 aliphatic carbocycles. The summed E-state index contributed by atoms with van der Waals surface area (Å²) in [7, 11) is 0. The highest BCUT2D eigenvalue weighted by Crippen LogP contribution is 2.38. The molecule has 0 radical (unpaired) electrons. The van der Waals surface area contributed by atoms with Gasteiger partial charge in [0.05, 0.1) is 20.6 Å². The van der Waals surface area contributed by atoms with Gasteiger partial charge in [-0.2, -0.15) is 0 Å². The van der Waals surface area contributed by atoms with Crippen molar-refractivity contribution in [1.82, 2.24) is 0 Å². The number of hydrogen-bond donors (Lipinski definition) is 1. The van der Waals surface area contributed by atoms with Gasteiger partial charge in [0.15, 0.2) is 5.76 Å². The Morgan fingerprint density at radius 1 is 1.60 bits per heavy atom. The van der Waals surface area contributed by atoms with Gasteiger partial charge in [-0.3, -0.25) is 0 Å². The van der Waals surface area contributed by atoms with Crippen LogP contribution in [-0.2, 0) is 0 Å². The van der Waals surface area contributed by atoms with Crippen molar-refractivity contribution in [2.24, 2.45) is 0 Å². The number of aliphatic hydroxyl groups excluding tert-OH is 1. The fourth-order valence-corrected chi connectivity index (χ4v) is 2.95. The van der Waals surface area contributed by atoms with E-state index in [1.165, 1.54) is 17.6 Å². The van der Waals surface area contributed by atoms with Crippen molar-refractivity contribution in [2.45, 2.75) is 13.0 Å². The third-order valence-electron chi connectivity index (χ3n) is 2.07. The van der Waals surface area contributed by atoms with Crippen LogP contribution in [0.4, 0.5) is 0 Å². The summed E-state index contributed by atoms with van der Waals surface area (Å²) in [6, 6.07) is 1.74. The number of aliphatic hydroxyl groups is 1. The molecule has 1 unspecified atom stereocenters. The van der Waals surface area contributed by atoms with Crippen LogP contribution in [0.25, 0.3) is 0 Å². The Hall–Kier alpha value is -0.290. The smallest absolute Gasteiger partial charge is 0.151 e. The SMILES string of the molecule is Cc1csc(C(O)c2occc2Br)c1Cl. The first-order chi connectivity index (χ1) is 7.11. The highest BCUT2D eigenvalue weighted by molar-refractivity contribution is 9.10. The van der Waals surface area contributed by atoms with Gasteiger partial charge in [0.2, 0.25) is 0 Å². The molecule has 0 amide bonds. The molecule has 0 aromatic carbocycles. The summed E-state index contributed by atoms with van der Waals surface area (Å²) in [4.78, 5) is 0.713. The molecule has 1 N–H and O–H groups in total. The monoisotopic (exact) mass is 306 g/mol. The van der Waals surface area contributed by atoms with Gasteiger partial charge in [-0.15, -0.1) is 11.3 Å². The van der Waals surface area contributed by atoms with Crippen LogP contribution < -0.4 is 0 Å². The molecule has 0 spiro atoms. The predicted molar refractivity (Wildman–Crippen MR) is 64.5 cm³/mol. The highest BCUT2D eigenvalue weighted by atomic mass is 79.9. The molecule has 1 atom stereocenters. The van der Waals surface area contributed by atoms with Gasteiger partial charge in [0.25, 0.3) is 0 Å². The van der Waals surface area contributed by atoms with Crippen molar-refractivity contribution in [3.63, 3.8) is 0 Å². The first-order valence-electron chi connectivity index (χ1n) is 4.25. The van der Waals surface area contributed by atoms with Gasteiger partial charge >= 0.3 is 0 Å². The van der Waals surface area contributed by atoms with Crippen LogP contribution in [-0.4, -0.2) is 5.11 Å². The standard InChI is InChI=1S/C10H8BrClO2S/c1-5-4-15-10(7(5)12)8(13)9-6(11)2-3-14-9/h2-4,8,13H,1H3. The average Bonchev–Trinajstić information content (AvgIpc) is 2.75. The van der Waals surface area contributed by atoms with E-state index in [0.717, 1.165) is 10.0 Å². The maximum Gasteiger partial charge on any atom is 0.151 e. The molecule has 0 saturated heterocycles. The van der Waals surface area contributed by atoms with Crippen LogP contribution in [0, 0.1) is 6.92 Å². The van der Waals surface area contributed by atoms with E-state index < -0.39 is 6.10 Å². The maximum atomic E-state index is 10.1. The molecule has 0 saturated carbocycles. The molecule has 0 aliphatic rings. The van der Waals surface area contributed by atoms with Crippen LogP contribution in [0.5, 0.6) is 0 Å². The van der Waals surface area contributed by atoms with E-state index in [-0.39, 0.29) is 0 Å². The van der Waals surface area contributed by atoms with Crippen LogP contribution in [0.3, 0.4) is 0 Å². The Morgan fingerprint density at radius 3 is 2.80 bits per heavy atom. The molecule has 2 rings (SSSR count). The Morgan fingerprint density at radius 2 is 2.33 bits per heavy atom. The van der Waals surface area contributed by atoms with Crippen molar-refractivity contribution in [3.8, 4) is 0 Å². The van der Waals surface area contributed by atoms with Crippen molar-refractivity contribution in [2.75, 3.05) is 0 Å². The summed E-state index contributed by atoms with van der Waals surface area (Å²) in [6.45, 7) is 1.91. The summed E-state index contributed by atoms with van der Waals surface area (Å²) >= 11 is 10.8. The minimum absolute atomic E-state index is 0.485. The van der Waals surface area contributed by atoms with Gasteiger partial charge in [-0.1, -0.05) is 11.6 Å². The lowest BCUT2D eigenvalue weighted by Gasteiger charge is -2.06. The molecule has 0 aliphatic heterocycles. The van der Waals surface area contributed by atoms with E-state index in [9.17, 15) is 5.11 Å². The van der Waals surface area contributed by atoms with Gasteiger partial charge in [0, 0.05) is 0 Å². The molecular weight excluding hydrogens is 300 g/mol. The first-order valence-corrected chi connectivity index (χ1v) is 6.30. The van der Waals surface area contributed by atoms with Crippen LogP contribution in [0.15, 0.2) is 26.6 Å². The summed E-state index contributed by atoms with van der Waals surface area (Å²) in [5, 5.41) is 12.6. The van der Waals surface area contributed by atoms with Crippen LogP contribution in [0.1, 0.15) is 22.3 Å².